The van der Waals surface area contributed by atoms with Crippen LogP contribution in [0.5, 0.6) is 0 Å². The number of aryl methyl sites for hydroxylation is 3. The van der Waals surface area contributed by atoms with Crippen LogP contribution in [0.2, 0.25) is 0 Å². The lowest BCUT2D eigenvalue weighted by Gasteiger charge is -2.10. The average molecular weight is 339 g/mol. The van der Waals surface area contributed by atoms with Crippen LogP contribution >= 0.6 is 0 Å². The number of nitrogens with zero attached hydrogens (tertiary/aromatic N) is 4. The smallest absolute Gasteiger partial charge is 0.275 e. The topological polar surface area (TPSA) is 81.8 Å². The van der Waals surface area contributed by atoms with Crippen LogP contribution in [0.3, 0.4) is 0 Å². The third-order valence-electron chi connectivity index (χ3n) is 4.09. The highest BCUT2D eigenvalue weighted by Crippen LogP contribution is 2.09. The Morgan fingerprint density at radius 1 is 1.16 bits per heavy atom. The molecular weight excluding hydrogens is 318 g/mol. The fourth-order valence-electron chi connectivity index (χ4n) is 2.89. The van der Waals surface area contributed by atoms with E-state index in [0.29, 0.717) is 25.0 Å². The van der Waals surface area contributed by atoms with E-state index in [1.54, 1.807) is 16.8 Å². The zero-order valence-electron chi connectivity index (χ0n) is 14.6. The Kier molecular flexibility index (Phi) is 4.65. The van der Waals surface area contributed by atoms with Crippen LogP contribution in [0.4, 0.5) is 0 Å². The number of para-hydroxylation sites is 1. The van der Waals surface area contributed by atoms with Crippen LogP contribution < -0.4 is 10.7 Å². The zero-order chi connectivity index (χ0) is 18.0. The fraction of sp³-hybridized carbons (Fsp3) is 0.333. The first-order valence-electron chi connectivity index (χ1n) is 8.30. The molecule has 1 aromatic carbocycles. The molecule has 0 aliphatic heterocycles. The number of carbonyl (C=O) groups is 1. The molecule has 3 rings (SSSR count). The summed E-state index contributed by atoms with van der Waals surface area (Å²) in [5.41, 5.74) is 2.28. The van der Waals surface area contributed by atoms with Crippen molar-refractivity contribution in [1.82, 2.24) is 24.9 Å². The van der Waals surface area contributed by atoms with E-state index >= 15 is 0 Å². The molecule has 0 fully saturated rings. The van der Waals surface area contributed by atoms with Gasteiger partial charge >= 0.3 is 0 Å². The Morgan fingerprint density at radius 3 is 2.60 bits per heavy atom. The summed E-state index contributed by atoms with van der Waals surface area (Å²) in [5, 5.41) is 11.9. The fourth-order valence-corrected chi connectivity index (χ4v) is 2.89. The van der Waals surface area contributed by atoms with Crippen molar-refractivity contribution >= 4 is 16.8 Å². The second-order valence-electron chi connectivity index (χ2n) is 5.92. The maximum absolute atomic E-state index is 12.6. The second kappa shape index (κ2) is 6.88. The summed E-state index contributed by atoms with van der Waals surface area (Å²) in [5.74, 6) is -0.459. The van der Waals surface area contributed by atoms with Gasteiger partial charge in [0.1, 0.15) is 0 Å². The number of benzene rings is 1. The van der Waals surface area contributed by atoms with Crippen LogP contribution in [-0.2, 0) is 13.1 Å². The Labute approximate surface area is 145 Å². The van der Waals surface area contributed by atoms with E-state index in [9.17, 15) is 9.59 Å². The Bertz CT molecular complexity index is 987. The maximum Gasteiger partial charge on any atom is 0.275 e. The van der Waals surface area contributed by atoms with Crippen LogP contribution in [0.25, 0.3) is 10.9 Å². The molecule has 0 bridgehead atoms. The second-order valence-corrected chi connectivity index (χ2v) is 5.92. The predicted octanol–water partition coefficient (Wildman–Crippen LogP) is 1.66. The normalized spacial score (nSPS) is 11.0. The summed E-state index contributed by atoms with van der Waals surface area (Å²) in [4.78, 5) is 25.0. The highest BCUT2D eigenvalue weighted by Gasteiger charge is 2.16. The number of hydrogen-bond acceptors (Lipinski definition) is 4. The molecule has 0 atom stereocenters. The number of fused-ring (bicyclic) bond motifs is 1. The summed E-state index contributed by atoms with van der Waals surface area (Å²) in [6.07, 6.45) is 0. The molecule has 25 heavy (non-hydrogen) atoms. The highest BCUT2D eigenvalue weighted by atomic mass is 16.2. The van der Waals surface area contributed by atoms with Gasteiger partial charge in [0, 0.05) is 24.2 Å². The van der Waals surface area contributed by atoms with Crippen LogP contribution in [0.15, 0.2) is 35.1 Å². The summed E-state index contributed by atoms with van der Waals surface area (Å²) in [6.45, 7) is 7.31. The zero-order valence-corrected chi connectivity index (χ0v) is 14.6. The monoisotopic (exact) mass is 339 g/mol. The van der Waals surface area contributed by atoms with Gasteiger partial charge in [0.15, 0.2) is 5.69 Å². The molecule has 7 heteroatoms. The van der Waals surface area contributed by atoms with Gasteiger partial charge < -0.3 is 5.32 Å². The van der Waals surface area contributed by atoms with Crippen molar-refractivity contribution in [3.05, 3.63) is 57.6 Å². The molecule has 0 saturated heterocycles. The molecule has 2 aromatic heterocycles. The molecule has 0 spiro atoms. The molecule has 1 amide bonds. The largest absolute Gasteiger partial charge is 0.349 e. The summed E-state index contributed by atoms with van der Waals surface area (Å²) in [6, 6.07) is 9.17. The van der Waals surface area contributed by atoms with Gasteiger partial charge in [-0.3, -0.25) is 19.0 Å². The lowest BCUT2D eigenvalue weighted by atomic mass is 10.2. The molecule has 0 unspecified atom stereocenters. The minimum absolute atomic E-state index is 0.0751. The first-order chi connectivity index (χ1) is 12.0. The van der Waals surface area contributed by atoms with Crippen molar-refractivity contribution in [2.75, 3.05) is 6.54 Å². The summed E-state index contributed by atoms with van der Waals surface area (Å²) >= 11 is 0. The molecule has 2 heterocycles. The average Bonchev–Trinajstić information content (AvgIpc) is 2.93. The van der Waals surface area contributed by atoms with Crippen molar-refractivity contribution in [2.24, 2.45) is 0 Å². The highest BCUT2D eigenvalue weighted by molar-refractivity contribution is 5.95. The molecule has 0 saturated carbocycles. The standard InChI is InChI=1S/C18H21N5O2/c1-4-22-15-8-6-5-7-14(15)17(24)16(21-22)18(25)19-9-10-23-13(3)11-12(2)20-23/h5-8,11H,4,9-10H2,1-3H3,(H,19,25). The maximum atomic E-state index is 12.6. The molecule has 0 radical (unpaired) electrons. The van der Waals surface area contributed by atoms with Crippen LogP contribution in [0, 0.1) is 13.8 Å². The van der Waals surface area contributed by atoms with Gasteiger partial charge in [-0.15, -0.1) is 0 Å². The third-order valence-corrected chi connectivity index (χ3v) is 4.09. The quantitative estimate of drug-likeness (QED) is 0.766. The van der Waals surface area contributed by atoms with Gasteiger partial charge in [-0.1, -0.05) is 12.1 Å². The van der Waals surface area contributed by atoms with Gasteiger partial charge in [-0.2, -0.15) is 10.2 Å². The summed E-state index contributed by atoms with van der Waals surface area (Å²) in [7, 11) is 0. The van der Waals surface area contributed by atoms with E-state index in [-0.39, 0.29) is 11.1 Å². The number of amides is 1. The Morgan fingerprint density at radius 2 is 1.92 bits per heavy atom. The minimum Gasteiger partial charge on any atom is -0.349 e. The number of nitrogens with one attached hydrogen (secondary N) is 1. The van der Waals surface area contributed by atoms with Crippen molar-refractivity contribution in [3.8, 4) is 0 Å². The molecular formula is C18H21N5O2. The first kappa shape index (κ1) is 16.9. The van der Waals surface area contributed by atoms with Crippen molar-refractivity contribution in [1.29, 1.82) is 0 Å². The van der Waals surface area contributed by atoms with Crippen molar-refractivity contribution in [2.45, 2.75) is 33.9 Å². The van der Waals surface area contributed by atoms with E-state index in [1.165, 1.54) is 0 Å². The lowest BCUT2D eigenvalue weighted by molar-refractivity contribution is 0.0943. The number of aromatic nitrogens is 4. The Balaban J connectivity index is 1.81. The van der Waals surface area contributed by atoms with E-state index in [4.69, 9.17) is 0 Å². The number of carbonyl (C=O) groups excluding carboxylic acids is 1. The van der Waals surface area contributed by atoms with E-state index < -0.39 is 5.91 Å². The van der Waals surface area contributed by atoms with E-state index in [1.807, 2.05) is 43.7 Å². The van der Waals surface area contributed by atoms with E-state index in [2.05, 4.69) is 15.5 Å². The number of rotatable bonds is 5. The van der Waals surface area contributed by atoms with Gasteiger partial charge in [-0.05, 0) is 39.0 Å². The molecule has 7 nitrogen and oxygen atoms in total. The third kappa shape index (κ3) is 3.31. The van der Waals surface area contributed by atoms with Gasteiger partial charge in [-0.25, -0.2) is 0 Å². The molecule has 0 aliphatic rings. The van der Waals surface area contributed by atoms with Crippen molar-refractivity contribution in [3.63, 3.8) is 0 Å². The van der Waals surface area contributed by atoms with Crippen LogP contribution in [0.1, 0.15) is 28.8 Å². The van der Waals surface area contributed by atoms with Gasteiger partial charge in [0.2, 0.25) is 5.43 Å². The minimum atomic E-state index is -0.459. The predicted molar refractivity (Wildman–Crippen MR) is 95.7 cm³/mol. The molecule has 1 N–H and O–H groups in total. The van der Waals surface area contributed by atoms with Crippen LogP contribution in [-0.4, -0.2) is 32.0 Å². The lowest BCUT2D eigenvalue weighted by Crippen LogP contribution is -2.34. The first-order valence-corrected chi connectivity index (χ1v) is 8.30. The SMILES string of the molecule is CCn1nc(C(=O)NCCn2nc(C)cc2C)c(=O)c2ccccc21. The number of hydrogen-bond donors (Lipinski definition) is 1. The van der Waals surface area contributed by atoms with Gasteiger partial charge in [0.25, 0.3) is 5.91 Å². The van der Waals surface area contributed by atoms with E-state index in [0.717, 1.165) is 16.9 Å². The summed E-state index contributed by atoms with van der Waals surface area (Å²) < 4.78 is 3.50. The van der Waals surface area contributed by atoms with Gasteiger partial charge in [0.05, 0.1) is 17.8 Å². The molecule has 0 aliphatic carbocycles. The Hall–Kier alpha value is -2.96. The van der Waals surface area contributed by atoms with Crippen molar-refractivity contribution < 1.29 is 4.79 Å². The molecule has 3 aromatic rings. The molecule has 130 valence electrons.